The van der Waals surface area contributed by atoms with E-state index >= 15 is 0 Å². The molecule has 2 N–H and O–H groups in total. The zero-order valence-corrected chi connectivity index (χ0v) is 6.73. The van der Waals surface area contributed by atoms with Crippen molar-refractivity contribution in [3.63, 3.8) is 0 Å². The van der Waals surface area contributed by atoms with E-state index in [-0.39, 0.29) is 0 Å². The van der Waals surface area contributed by atoms with Gasteiger partial charge >= 0.3 is 0 Å². The topological polar surface area (TPSA) is 75.6 Å². The van der Waals surface area contributed by atoms with E-state index in [2.05, 4.69) is 9.97 Å². The first-order valence-electron chi connectivity index (χ1n) is 3.71. The number of aromatic nitrogens is 2. The lowest BCUT2D eigenvalue weighted by atomic mass is 10.2. The molecular formula is C9H6N4. The van der Waals surface area contributed by atoms with Gasteiger partial charge in [-0.25, -0.2) is 9.97 Å². The maximum absolute atomic E-state index is 8.62. The van der Waals surface area contributed by atoms with E-state index in [9.17, 15) is 0 Å². The highest BCUT2D eigenvalue weighted by atomic mass is 14.8. The Morgan fingerprint density at radius 2 is 2.00 bits per heavy atom. The van der Waals surface area contributed by atoms with Gasteiger partial charge in [0, 0.05) is 11.6 Å². The van der Waals surface area contributed by atoms with E-state index < -0.39 is 0 Å². The molecule has 0 aliphatic heterocycles. The third kappa shape index (κ3) is 1.27. The molecule has 2 aromatic heterocycles. The summed E-state index contributed by atoms with van der Waals surface area (Å²) in [4.78, 5) is 8.01. The quantitative estimate of drug-likeness (QED) is 0.641. The Balaban J connectivity index is 2.77. The molecule has 0 fully saturated rings. The fraction of sp³-hybridized carbons (Fsp3) is 0. The Morgan fingerprint density at radius 1 is 1.23 bits per heavy atom. The van der Waals surface area contributed by atoms with Crippen molar-refractivity contribution in [2.45, 2.75) is 0 Å². The van der Waals surface area contributed by atoms with Gasteiger partial charge in [-0.1, -0.05) is 0 Å². The van der Waals surface area contributed by atoms with Gasteiger partial charge in [0.15, 0.2) is 5.65 Å². The van der Waals surface area contributed by atoms with E-state index in [4.69, 9.17) is 11.0 Å². The minimum Gasteiger partial charge on any atom is -0.397 e. The molecule has 0 aromatic carbocycles. The number of nitriles is 1. The lowest BCUT2D eigenvalue weighted by Crippen LogP contribution is -1.89. The van der Waals surface area contributed by atoms with Gasteiger partial charge in [0.05, 0.1) is 17.4 Å². The van der Waals surface area contributed by atoms with Crippen LogP contribution in [0.15, 0.2) is 24.5 Å². The molecule has 0 saturated carbocycles. The molecule has 13 heavy (non-hydrogen) atoms. The minimum absolute atomic E-state index is 0.514. The van der Waals surface area contributed by atoms with Crippen LogP contribution in [0.25, 0.3) is 11.0 Å². The van der Waals surface area contributed by atoms with Crippen LogP contribution in [-0.2, 0) is 0 Å². The summed E-state index contributed by atoms with van der Waals surface area (Å²) in [7, 11) is 0. The van der Waals surface area contributed by atoms with Crippen LogP contribution in [0.5, 0.6) is 0 Å². The van der Waals surface area contributed by atoms with Crippen molar-refractivity contribution in [2.24, 2.45) is 0 Å². The number of hydrogen-bond acceptors (Lipinski definition) is 4. The molecule has 0 aliphatic rings. The summed E-state index contributed by atoms with van der Waals surface area (Å²) in [6.07, 6.45) is 3.03. The number of nitrogens with zero attached hydrogens (tertiary/aromatic N) is 3. The van der Waals surface area contributed by atoms with Crippen LogP contribution in [0.4, 0.5) is 5.69 Å². The second-order valence-electron chi connectivity index (χ2n) is 2.65. The Kier molecular flexibility index (Phi) is 1.57. The summed E-state index contributed by atoms with van der Waals surface area (Å²) in [5.74, 6) is 0. The first-order valence-corrected chi connectivity index (χ1v) is 3.71. The molecule has 2 aromatic rings. The maximum Gasteiger partial charge on any atom is 0.159 e. The Hall–Kier alpha value is -2.15. The van der Waals surface area contributed by atoms with Crippen molar-refractivity contribution >= 4 is 16.7 Å². The van der Waals surface area contributed by atoms with Gasteiger partial charge in [-0.15, -0.1) is 0 Å². The summed E-state index contributed by atoms with van der Waals surface area (Å²) in [5, 5.41) is 9.42. The minimum atomic E-state index is 0.514. The van der Waals surface area contributed by atoms with E-state index in [0.717, 1.165) is 5.39 Å². The highest BCUT2D eigenvalue weighted by molar-refractivity contribution is 5.78. The molecule has 0 unspecified atom stereocenters. The maximum atomic E-state index is 8.62. The first kappa shape index (κ1) is 7.50. The standard InChI is InChI=1S/C9H6N4/c10-3-6-1-7-2-8(11)5-13-9(7)12-4-6/h1-2,4-5H,11H2. The third-order valence-corrected chi connectivity index (χ3v) is 1.68. The van der Waals surface area contributed by atoms with Crippen LogP contribution in [0, 0.1) is 11.3 Å². The summed E-state index contributed by atoms with van der Waals surface area (Å²) in [5.41, 5.74) is 7.23. The summed E-state index contributed by atoms with van der Waals surface area (Å²) in [6.45, 7) is 0. The van der Waals surface area contributed by atoms with Gasteiger partial charge in [0.1, 0.15) is 6.07 Å². The summed E-state index contributed by atoms with van der Waals surface area (Å²) in [6, 6.07) is 5.47. The number of pyridine rings is 2. The smallest absolute Gasteiger partial charge is 0.159 e. The predicted octanol–water partition coefficient (Wildman–Crippen LogP) is 1.08. The second-order valence-corrected chi connectivity index (χ2v) is 2.65. The van der Waals surface area contributed by atoms with Crippen LogP contribution < -0.4 is 5.73 Å². The van der Waals surface area contributed by atoms with E-state index in [1.54, 1.807) is 18.3 Å². The number of fused-ring (bicyclic) bond motifs is 1. The SMILES string of the molecule is N#Cc1cnc2ncc(N)cc2c1. The Bertz CT molecular complexity index is 498. The number of nitrogen functional groups attached to an aromatic ring is 1. The lowest BCUT2D eigenvalue weighted by molar-refractivity contribution is 1.28. The normalized spacial score (nSPS) is 9.77. The molecule has 0 amide bonds. The van der Waals surface area contributed by atoms with Crippen LogP contribution >= 0.6 is 0 Å². The van der Waals surface area contributed by atoms with Gasteiger partial charge in [0.25, 0.3) is 0 Å². The number of hydrogen-bond donors (Lipinski definition) is 1. The molecule has 0 bridgehead atoms. The molecule has 2 rings (SSSR count). The Morgan fingerprint density at radius 3 is 2.77 bits per heavy atom. The van der Waals surface area contributed by atoms with Crippen molar-refractivity contribution in [2.75, 3.05) is 5.73 Å². The number of nitrogens with two attached hydrogens (primary N) is 1. The molecule has 0 radical (unpaired) electrons. The van der Waals surface area contributed by atoms with Gasteiger partial charge in [-0.05, 0) is 12.1 Å². The molecule has 62 valence electrons. The van der Waals surface area contributed by atoms with Gasteiger partial charge in [-0.2, -0.15) is 5.26 Å². The molecular weight excluding hydrogens is 164 g/mol. The third-order valence-electron chi connectivity index (χ3n) is 1.68. The molecule has 0 saturated heterocycles. The predicted molar refractivity (Wildman–Crippen MR) is 48.7 cm³/mol. The van der Waals surface area contributed by atoms with Crippen molar-refractivity contribution in [1.82, 2.24) is 9.97 Å². The molecule has 0 spiro atoms. The van der Waals surface area contributed by atoms with Crippen molar-refractivity contribution in [1.29, 1.82) is 5.26 Å². The Labute approximate surface area is 74.6 Å². The van der Waals surface area contributed by atoms with Crippen LogP contribution in [-0.4, -0.2) is 9.97 Å². The monoisotopic (exact) mass is 170 g/mol. The number of anilines is 1. The summed E-state index contributed by atoms with van der Waals surface area (Å²) < 4.78 is 0. The van der Waals surface area contributed by atoms with Gasteiger partial charge in [-0.3, -0.25) is 0 Å². The average Bonchev–Trinajstić information content (AvgIpc) is 2.16. The average molecular weight is 170 g/mol. The molecule has 4 nitrogen and oxygen atoms in total. The highest BCUT2D eigenvalue weighted by Crippen LogP contribution is 2.13. The molecule has 0 atom stereocenters. The number of rotatable bonds is 0. The summed E-state index contributed by atoms with van der Waals surface area (Å²) >= 11 is 0. The zero-order chi connectivity index (χ0) is 9.26. The van der Waals surface area contributed by atoms with Gasteiger partial charge < -0.3 is 5.73 Å². The molecule has 0 aliphatic carbocycles. The van der Waals surface area contributed by atoms with Crippen LogP contribution in [0.1, 0.15) is 5.56 Å². The lowest BCUT2D eigenvalue weighted by Gasteiger charge is -1.97. The zero-order valence-electron chi connectivity index (χ0n) is 6.73. The first-order chi connectivity index (χ1) is 6.29. The van der Waals surface area contributed by atoms with Crippen LogP contribution in [0.2, 0.25) is 0 Å². The fourth-order valence-corrected chi connectivity index (χ4v) is 1.10. The van der Waals surface area contributed by atoms with E-state index in [1.807, 2.05) is 6.07 Å². The van der Waals surface area contributed by atoms with E-state index in [1.165, 1.54) is 6.20 Å². The fourth-order valence-electron chi connectivity index (χ4n) is 1.10. The second kappa shape index (κ2) is 2.72. The van der Waals surface area contributed by atoms with E-state index in [0.29, 0.717) is 16.9 Å². The van der Waals surface area contributed by atoms with Crippen molar-refractivity contribution in [3.8, 4) is 6.07 Å². The molecule has 2 heterocycles. The largest absolute Gasteiger partial charge is 0.397 e. The van der Waals surface area contributed by atoms with Gasteiger partial charge in [0.2, 0.25) is 0 Å². The van der Waals surface area contributed by atoms with Crippen molar-refractivity contribution < 1.29 is 0 Å². The molecule has 4 heteroatoms. The highest BCUT2D eigenvalue weighted by Gasteiger charge is 1.98. The van der Waals surface area contributed by atoms with Crippen LogP contribution in [0.3, 0.4) is 0 Å². The van der Waals surface area contributed by atoms with Crippen molar-refractivity contribution in [3.05, 3.63) is 30.1 Å².